The van der Waals surface area contributed by atoms with Gasteiger partial charge in [-0.1, -0.05) is 13.0 Å². The molecule has 2 aromatic rings. The van der Waals surface area contributed by atoms with Crippen LogP contribution in [0.15, 0.2) is 40.1 Å². The van der Waals surface area contributed by atoms with Crippen molar-refractivity contribution in [3.05, 3.63) is 47.1 Å². The number of hydrogen-bond donors (Lipinski definition) is 1. The van der Waals surface area contributed by atoms with Gasteiger partial charge in [-0.2, -0.15) is 0 Å². The SMILES string of the molecule is C[C@H]1CC(NCc2ccccn2)c2ccsc2S1. The van der Waals surface area contributed by atoms with Crippen LogP contribution in [0.4, 0.5) is 0 Å². The highest BCUT2D eigenvalue weighted by Crippen LogP contribution is 2.43. The fourth-order valence-electron chi connectivity index (χ4n) is 2.27. The number of thiophene rings is 1. The van der Waals surface area contributed by atoms with Gasteiger partial charge in [0.1, 0.15) is 0 Å². The quantitative estimate of drug-likeness (QED) is 0.921. The van der Waals surface area contributed by atoms with E-state index >= 15 is 0 Å². The molecule has 0 amide bonds. The number of nitrogens with one attached hydrogen (secondary N) is 1. The molecule has 0 spiro atoms. The van der Waals surface area contributed by atoms with Crippen molar-refractivity contribution in [3.63, 3.8) is 0 Å². The number of hydrogen-bond acceptors (Lipinski definition) is 4. The Labute approximate surface area is 116 Å². The Bertz CT molecular complexity index is 510. The smallest absolute Gasteiger partial charge is 0.0649 e. The minimum Gasteiger partial charge on any atom is -0.304 e. The maximum atomic E-state index is 4.36. The van der Waals surface area contributed by atoms with Gasteiger partial charge < -0.3 is 5.32 Å². The molecule has 18 heavy (non-hydrogen) atoms. The van der Waals surface area contributed by atoms with Crippen molar-refractivity contribution >= 4 is 23.1 Å². The van der Waals surface area contributed by atoms with Gasteiger partial charge >= 0.3 is 0 Å². The fourth-order valence-corrected chi connectivity index (χ4v) is 4.84. The van der Waals surface area contributed by atoms with E-state index in [-0.39, 0.29) is 0 Å². The molecule has 2 nitrogen and oxygen atoms in total. The molecule has 0 bridgehead atoms. The first kappa shape index (κ1) is 12.2. The summed E-state index contributed by atoms with van der Waals surface area (Å²) in [7, 11) is 0. The third-order valence-electron chi connectivity index (χ3n) is 3.17. The molecule has 0 fully saturated rings. The molecule has 1 N–H and O–H groups in total. The van der Waals surface area contributed by atoms with Gasteiger partial charge in [0.2, 0.25) is 0 Å². The van der Waals surface area contributed by atoms with Crippen molar-refractivity contribution in [3.8, 4) is 0 Å². The van der Waals surface area contributed by atoms with E-state index in [0.29, 0.717) is 11.3 Å². The van der Waals surface area contributed by atoms with Gasteiger partial charge in [-0.05, 0) is 35.6 Å². The minimum absolute atomic E-state index is 0.476. The maximum Gasteiger partial charge on any atom is 0.0649 e. The monoisotopic (exact) mass is 276 g/mol. The van der Waals surface area contributed by atoms with Gasteiger partial charge in [-0.15, -0.1) is 23.1 Å². The summed E-state index contributed by atoms with van der Waals surface area (Å²) >= 11 is 3.87. The summed E-state index contributed by atoms with van der Waals surface area (Å²) in [5, 5.41) is 6.53. The molecule has 2 aromatic heterocycles. The van der Waals surface area contributed by atoms with Crippen molar-refractivity contribution in [1.29, 1.82) is 0 Å². The van der Waals surface area contributed by atoms with Crippen LogP contribution in [-0.2, 0) is 6.54 Å². The molecule has 0 radical (unpaired) electrons. The number of pyridine rings is 1. The Hall–Kier alpha value is -0.840. The maximum absolute atomic E-state index is 4.36. The van der Waals surface area contributed by atoms with E-state index in [2.05, 4.69) is 34.7 Å². The van der Waals surface area contributed by atoms with Gasteiger partial charge in [0.25, 0.3) is 0 Å². The Kier molecular flexibility index (Phi) is 3.68. The predicted octanol–water partition coefficient (Wildman–Crippen LogP) is 3.86. The van der Waals surface area contributed by atoms with Crippen LogP contribution in [0.3, 0.4) is 0 Å². The number of fused-ring (bicyclic) bond motifs is 1. The van der Waals surface area contributed by atoms with E-state index in [1.54, 1.807) is 0 Å². The summed E-state index contributed by atoms with van der Waals surface area (Å²) in [4.78, 5) is 4.36. The molecule has 4 heteroatoms. The Morgan fingerprint density at radius 1 is 1.39 bits per heavy atom. The second-order valence-corrected chi connectivity index (χ2v) is 7.21. The molecule has 1 aliphatic heterocycles. The fraction of sp³-hybridized carbons (Fsp3) is 0.357. The third kappa shape index (κ3) is 2.60. The van der Waals surface area contributed by atoms with Gasteiger partial charge in [0, 0.05) is 24.0 Å². The molecule has 0 saturated carbocycles. The number of aromatic nitrogens is 1. The highest BCUT2D eigenvalue weighted by molar-refractivity contribution is 8.01. The van der Waals surface area contributed by atoms with Crippen LogP contribution in [0, 0.1) is 0 Å². The Morgan fingerprint density at radius 2 is 2.33 bits per heavy atom. The lowest BCUT2D eigenvalue weighted by Gasteiger charge is -2.27. The first-order valence-electron chi connectivity index (χ1n) is 6.20. The molecule has 1 aliphatic rings. The number of rotatable bonds is 3. The minimum atomic E-state index is 0.476. The van der Waals surface area contributed by atoms with Crippen LogP contribution in [0.1, 0.15) is 30.6 Å². The van der Waals surface area contributed by atoms with Gasteiger partial charge in [0.15, 0.2) is 0 Å². The van der Waals surface area contributed by atoms with E-state index in [1.807, 2.05) is 41.4 Å². The molecule has 0 aromatic carbocycles. The highest BCUT2D eigenvalue weighted by Gasteiger charge is 2.25. The molecule has 94 valence electrons. The predicted molar refractivity (Wildman–Crippen MR) is 78.1 cm³/mol. The van der Waals surface area contributed by atoms with Crippen LogP contribution in [0.5, 0.6) is 0 Å². The van der Waals surface area contributed by atoms with E-state index in [9.17, 15) is 0 Å². The molecular weight excluding hydrogens is 260 g/mol. The third-order valence-corrected chi connectivity index (χ3v) is 5.51. The van der Waals surface area contributed by atoms with E-state index in [1.165, 1.54) is 16.2 Å². The molecule has 0 saturated heterocycles. The van der Waals surface area contributed by atoms with Crippen LogP contribution in [0.2, 0.25) is 0 Å². The highest BCUT2D eigenvalue weighted by atomic mass is 32.2. The van der Waals surface area contributed by atoms with E-state index in [0.717, 1.165) is 12.2 Å². The molecule has 3 rings (SSSR count). The molecule has 2 atom stereocenters. The lowest BCUT2D eigenvalue weighted by atomic mass is 10.0. The Morgan fingerprint density at radius 3 is 3.17 bits per heavy atom. The first-order valence-corrected chi connectivity index (χ1v) is 7.96. The van der Waals surface area contributed by atoms with Crippen molar-refractivity contribution in [2.24, 2.45) is 0 Å². The zero-order chi connectivity index (χ0) is 12.4. The molecule has 0 aliphatic carbocycles. The van der Waals surface area contributed by atoms with Crippen molar-refractivity contribution in [2.45, 2.75) is 35.4 Å². The summed E-state index contributed by atoms with van der Waals surface area (Å²) in [6.07, 6.45) is 3.05. The van der Waals surface area contributed by atoms with Crippen LogP contribution >= 0.6 is 23.1 Å². The summed E-state index contributed by atoms with van der Waals surface area (Å²) < 4.78 is 1.48. The zero-order valence-corrected chi connectivity index (χ0v) is 11.9. The summed E-state index contributed by atoms with van der Waals surface area (Å²) in [6, 6.07) is 8.81. The van der Waals surface area contributed by atoms with Crippen LogP contribution in [-0.4, -0.2) is 10.2 Å². The average molecular weight is 276 g/mol. The summed E-state index contributed by atoms with van der Waals surface area (Å²) in [5.74, 6) is 0. The number of nitrogens with zero attached hydrogens (tertiary/aromatic N) is 1. The van der Waals surface area contributed by atoms with Crippen molar-refractivity contribution in [1.82, 2.24) is 10.3 Å². The van der Waals surface area contributed by atoms with Gasteiger partial charge in [-0.25, -0.2) is 0 Å². The van der Waals surface area contributed by atoms with Gasteiger partial charge in [0.05, 0.1) is 9.90 Å². The van der Waals surface area contributed by atoms with Crippen LogP contribution < -0.4 is 5.32 Å². The standard InChI is InChI=1S/C14H16N2S2/c1-10-8-13(12-5-7-17-14(12)18-10)16-9-11-4-2-3-6-15-11/h2-7,10,13,16H,8-9H2,1H3/t10-,13?/m0/s1. The second kappa shape index (κ2) is 5.43. The lowest BCUT2D eigenvalue weighted by Crippen LogP contribution is -2.26. The topological polar surface area (TPSA) is 24.9 Å². The van der Waals surface area contributed by atoms with Gasteiger partial charge in [-0.3, -0.25) is 4.98 Å². The number of thioether (sulfide) groups is 1. The second-order valence-electron chi connectivity index (χ2n) is 4.58. The first-order chi connectivity index (χ1) is 8.83. The van der Waals surface area contributed by atoms with Crippen molar-refractivity contribution < 1.29 is 0 Å². The zero-order valence-electron chi connectivity index (χ0n) is 10.3. The average Bonchev–Trinajstić information content (AvgIpc) is 2.85. The summed E-state index contributed by atoms with van der Waals surface area (Å²) in [5.41, 5.74) is 2.58. The summed E-state index contributed by atoms with van der Waals surface area (Å²) in [6.45, 7) is 3.15. The Balaban J connectivity index is 1.71. The van der Waals surface area contributed by atoms with Crippen LogP contribution in [0.25, 0.3) is 0 Å². The molecular formula is C14H16N2S2. The van der Waals surface area contributed by atoms with E-state index in [4.69, 9.17) is 0 Å². The van der Waals surface area contributed by atoms with Crippen molar-refractivity contribution in [2.75, 3.05) is 0 Å². The lowest BCUT2D eigenvalue weighted by molar-refractivity contribution is 0.484. The molecule has 1 unspecified atom stereocenters. The van der Waals surface area contributed by atoms with E-state index < -0.39 is 0 Å². The molecule has 3 heterocycles. The normalized spacial score (nSPS) is 22.7. The largest absolute Gasteiger partial charge is 0.304 e.